The number of halogens is 1. The van der Waals surface area contributed by atoms with Crippen LogP contribution in [-0.2, 0) is 0 Å². The summed E-state index contributed by atoms with van der Waals surface area (Å²) in [6.45, 7) is 2.70. The van der Waals surface area contributed by atoms with E-state index in [4.69, 9.17) is 4.52 Å². The Labute approximate surface area is 104 Å². The molecule has 3 rings (SSSR count). The molecule has 0 radical (unpaired) electrons. The van der Waals surface area contributed by atoms with Crippen LogP contribution in [0, 0.1) is 12.7 Å². The molecule has 2 aromatic rings. The fraction of sp³-hybridized carbons (Fsp3) is 0.385. The highest BCUT2D eigenvalue weighted by Crippen LogP contribution is 2.24. The van der Waals surface area contributed by atoms with E-state index in [-0.39, 0.29) is 11.9 Å². The van der Waals surface area contributed by atoms with Crippen LogP contribution >= 0.6 is 0 Å². The summed E-state index contributed by atoms with van der Waals surface area (Å²) in [5.74, 6) is 0.771. The molecule has 1 fully saturated rings. The molecule has 5 heteroatoms. The van der Waals surface area contributed by atoms with E-state index >= 15 is 0 Å². The van der Waals surface area contributed by atoms with Gasteiger partial charge in [-0.25, -0.2) is 4.39 Å². The highest BCUT2D eigenvalue weighted by Gasteiger charge is 2.22. The van der Waals surface area contributed by atoms with E-state index in [1.165, 1.54) is 6.07 Å². The number of benzene rings is 1. The normalized spacial score (nSPS) is 19.3. The van der Waals surface area contributed by atoms with E-state index < -0.39 is 0 Å². The summed E-state index contributed by atoms with van der Waals surface area (Å²) < 4.78 is 18.7. The summed E-state index contributed by atoms with van der Waals surface area (Å²) >= 11 is 0. The lowest BCUT2D eigenvalue weighted by Gasteiger charge is -2.01. The lowest BCUT2D eigenvalue weighted by molar-refractivity contribution is 0.412. The quantitative estimate of drug-likeness (QED) is 0.886. The van der Waals surface area contributed by atoms with E-state index in [1.807, 2.05) is 0 Å². The molecule has 94 valence electrons. The Morgan fingerprint density at radius 3 is 3.06 bits per heavy atom. The first-order valence-electron chi connectivity index (χ1n) is 6.07. The maximum atomic E-state index is 13.5. The molecule has 1 aromatic heterocycles. The summed E-state index contributed by atoms with van der Waals surface area (Å²) in [6, 6.07) is 5.09. The standard InChI is InChI=1S/C13H14FN3O/c1-8-4-5-9(7-10(8)14)13-16-12(17-18-13)11-3-2-6-15-11/h4-5,7,11,15H,2-3,6H2,1H3. The van der Waals surface area contributed by atoms with Crippen molar-refractivity contribution in [3.05, 3.63) is 35.4 Å². The van der Waals surface area contributed by atoms with Crippen molar-refractivity contribution >= 4 is 0 Å². The predicted molar refractivity (Wildman–Crippen MR) is 64.4 cm³/mol. The van der Waals surface area contributed by atoms with Gasteiger partial charge in [0.25, 0.3) is 5.89 Å². The number of nitrogens with one attached hydrogen (secondary N) is 1. The Morgan fingerprint density at radius 1 is 1.44 bits per heavy atom. The minimum absolute atomic E-state index is 0.165. The molecule has 1 saturated heterocycles. The number of hydrogen-bond acceptors (Lipinski definition) is 4. The zero-order valence-corrected chi connectivity index (χ0v) is 10.1. The van der Waals surface area contributed by atoms with Crippen LogP contribution in [0.2, 0.25) is 0 Å². The number of aryl methyl sites for hydroxylation is 1. The molecule has 0 bridgehead atoms. The smallest absolute Gasteiger partial charge is 0.258 e. The van der Waals surface area contributed by atoms with Crippen molar-refractivity contribution in [3.63, 3.8) is 0 Å². The summed E-state index contributed by atoms with van der Waals surface area (Å²) in [6.07, 6.45) is 2.13. The molecule has 0 aliphatic carbocycles. The van der Waals surface area contributed by atoms with Crippen LogP contribution in [0.1, 0.15) is 30.3 Å². The Kier molecular flexibility index (Phi) is 2.83. The molecule has 18 heavy (non-hydrogen) atoms. The lowest BCUT2D eigenvalue weighted by atomic mass is 10.1. The van der Waals surface area contributed by atoms with Gasteiger partial charge < -0.3 is 9.84 Å². The molecular weight excluding hydrogens is 233 g/mol. The van der Waals surface area contributed by atoms with Gasteiger partial charge in [-0.3, -0.25) is 0 Å². The first kappa shape index (κ1) is 11.3. The van der Waals surface area contributed by atoms with Gasteiger partial charge in [0.1, 0.15) is 5.82 Å². The second-order valence-electron chi connectivity index (χ2n) is 4.57. The van der Waals surface area contributed by atoms with Gasteiger partial charge in [0.2, 0.25) is 0 Å². The van der Waals surface area contributed by atoms with Gasteiger partial charge in [0.15, 0.2) is 5.82 Å². The highest BCUT2D eigenvalue weighted by atomic mass is 19.1. The largest absolute Gasteiger partial charge is 0.334 e. The van der Waals surface area contributed by atoms with Crippen LogP contribution < -0.4 is 5.32 Å². The van der Waals surface area contributed by atoms with Gasteiger partial charge in [-0.1, -0.05) is 11.2 Å². The van der Waals surface area contributed by atoms with Crippen molar-refractivity contribution in [1.29, 1.82) is 0 Å². The third-order valence-electron chi connectivity index (χ3n) is 3.23. The zero-order valence-electron chi connectivity index (χ0n) is 10.1. The predicted octanol–water partition coefficient (Wildman–Crippen LogP) is 2.61. The fourth-order valence-corrected chi connectivity index (χ4v) is 2.12. The maximum absolute atomic E-state index is 13.5. The first-order valence-corrected chi connectivity index (χ1v) is 6.07. The zero-order chi connectivity index (χ0) is 12.5. The van der Waals surface area contributed by atoms with Crippen molar-refractivity contribution < 1.29 is 8.91 Å². The molecule has 1 atom stereocenters. The van der Waals surface area contributed by atoms with Gasteiger partial charge in [-0.2, -0.15) is 4.98 Å². The van der Waals surface area contributed by atoms with Crippen molar-refractivity contribution in [2.24, 2.45) is 0 Å². The van der Waals surface area contributed by atoms with Crippen molar-refractivity contribution in [3.8, 4) is 11.5 Å². The maximum Gasteiger partial charge on any atom is 0.258 e. The average Bonchev–Trinajstić information content (AvgIpc) is 3.01. The summed E-state index contributed by atoms with van der Waals surface area (Å²) in [5, 5.41) is 7.25. The molecule has 1 unspecified atom stereocenters. The third kappa shape index (κ3) is 2.01. The summed E-state index contributed by atoms with van der Waals surface area (Å²) in [7, 11) is 0. The fourth-order valence-electron chi connectivity index (χ4n) is 2.12. The number of nitrogens with zero attached hydrogens (tertiary/aromatic N) is 2. The van der Waals surface area contributed by atoms with E-state index in [9.17, 15) is 4.39 Å². The molecule has 4 nitrogen and oxygen atoms in total. The first-order chi connectivity index (χ1) is 8.74. The van der Waals surface area contributed by atoms with Crippen LogP contribution in [0.15, 0.2) is 22.7 Å². The van der Waals surface area contributed by atoms with Crippen LogP contribution in [-0.4, -0.2) is 16.7 Å². The van der Waals surface area contributed by atoms with Gasteiger partial charge in [-0.15, -0.1) is 0 Å². The van der Waals surface area contributed by atoms with E-state index in [2.05, 4.69) is 15.5 Å². The average molecular weight is 247 g/mol. The molecule has 1 aliphatic rings. The van der Waals surface area contributed by atoms with Crippen LogP contribution in [0.3, 0.4) is 0 Å². The molecule has 0 saturated carbocycles. The Bertz CT molecular complexity index is 561. The van der Waals surface area contributed by atoms with Gasteiger partial charge in [0, 0.05) is 5.56 Å². The minimum atomic E-state index is -0.258. The Morgan fingerprint density at radius 2 is 2.33 bits per heavy atom. The van der Waals surface area contributed by atoms with Crippen LogP contribution in [0.5, 0.6) is 0 Å². The van der Waals surface area contributed by atoms with E-state index in [1.54, 1.807) is 19.1 Å². The molecule has 1 N–H and O–H groups in total. The van der Waals surface area contributed by atoms with Crippen molar-refractivity contribution in [1.82, 2.24) is 15.5 Å². The van der Waals surface area contributed by atoms with Gasteiger partial charge in [-0.05, 0) is 44.0 Å². The van der Waals surface area contributed by atoms with E-state index in [0.717, 1.165) is 19.4 Å². The third-order valence-corrected chi connectivity index (χ3v) is 3.23. The number of aromatic nitrogens is 2. The van der Waals surface area contributed by atoms with Crippen LogP contribution in [0.4, 0.5) is 4.39 Å². The molecular formula is C13H14FN3O. The van der Waals surface area contributed by atoms with Gasteiger partial charge in [0.05, 0.1) is 6.04 Å². The lowest BCUT2D eigenvalue weighted by Crippen LogP contribution is -2.14. The minimum Gasteiger partial charge on any atom is -0.334 e. The molecule has 0 spiro atoms. The monoisotopic (exact) mass is 247 g/mol. The number of rotatable bonds is 2. The summed E-state index contributed by atoms with van der Waals surface area (Å²) in [5.41, 5.74) is 1.23. The molecule has 1 aliphatic heterocycles. The second-order valence-corrected chi connectivity index (χ2v) is 4.57. The van der Waals surface area contributed by atoms with Crippen molar-refractivity contribution in [2.75, 3.05) is 6.54 Å². The Balaban J connectivity index is 1.89. The highest BCUT2D eigenvalue weighted by molar-refractivity contribution is 5.53. The van der Waals surface area contributed by atoms with Gasteiger partial charge >= 0.3 is 0 Å². The molecule has 2 heterocycles. The van der Waals surface area contributed by atoms with E-state index in [0.29, 0.717) is 22.8 Å². The Hall–Kier alpha value is -1.75. The summed E-state index contributed by atoms with van der Waals surface area (Å²) in [4.78, 5) is 4.33. The second kappa shape index (κ2) is 4.49. The molecule has 0 amide bonds. The SMILES string of the molecule is Cc1ccc(-c2nc(C3CCCN3)no2)cc1F. The molecule has 1 aromatic carbocycles. The topological polar surface area (TPSA) is 51.0 Å². The van der Waals surface area contributed by atoms with Crippen molar-refractivity contribution in [2.45, 2.75) is 25.8 Å². The number of hydrogen-bond donors (Lipinski definition) is 1. The van der Waals surface area contributed by atoms with Crippen LogP contribution in [0.25, 0.3) is 11.5 Å².